The van der Waals surface area contributed by atoms with Gasteiger partial charge in [0.1, 0.15) is 0 Å². The van der Waals surface area contributed by atoms with E-state index in [-0.39, 0.29) is 0 Å². The molecule has 1 aliphatic carbocycles. The molecule has 18 heavy (non-hydrogen) atoms. The first-order valence-electron chi connectivity index (χ1n) is 7.98. The van der Waals surface area contributed by atoms with Gasteiger partial charge in [0.25, 0.3) is 0 Å². The molecule has 3 heteroatoms. The average molecular weight is 268 g/mol. The van der Waals surface area contributed by atoms with Crippen molar-refractivity contribution in [2.75, 3.05) is 18.8 Å². The Morgan fingerprint density at radius 3 is 2.94 bits per heavy atom. The number of hydrogen-bond acceptors (Lipinski definition) is 3. The lowest BCUT2D eigenvalue weighted by molar-refractivity contribution is 0.161. The average Bonchev–Trinajstić information content (AvgIpc) is 2.99. The Labute approximate surface area is 116 Å². The van der Waals surface area contributed by atoms with Crippen molar-refractivity contribution in [2.24, 2.45) is 0 Å². The van der Waals surface area contributed by atoms with Crippen LogP contribution in [0.5, 0.6) is 0 Å². The standard InChI is InChI=1S/C15H28N2S/c1-2-18-15-7-3-6-14(15)16-12-8-10-17-9-4-5-13(17)11-12/h12-16H,2-11H2,1H3. The van der Waals surface area contributed by atoms with Crippen LogP contribution in [0, 0.1) is 0 Å². The van der Waals surface area contributed by atoms with Gasteiger partial charge in [0.2, 0.25) is 0 Å². The summed E-state index contributed by atoms with van der Waals surface area (Å²) >= 11 is 2.18. The van der Waals surface area contributed by atoms with Gasteiger partial charge in [0.15, 0.2) is 0 Å². The van der Waals surface area contributed by atoms with E-state index >= 15 is 0 Å². The minimum absolute atomic E-state index is 0.812. The summed E-state index contributed by atoms with van der Waals surface area (Å²) in [6.45, 7) is 5.02. The van der Waals surface area contributed by atoms with Crippen LogP contribution in [0.15, 0.2) is 0 Å². The molecule has 0 spiro atoms. The summed E-state index contributed by atoms with van der Waals surface area (Å²) in [5.41, 5.74) is 0. The topological polar surface area (TPSA) is 15.3 Å². The predicted octanol–water partition coefficient (Wildman–Crippen LogP) is 2.88. The first-order chi connectivity index (χ1) is 8.86. The van der Waals surface area contributed by atoms with Gasteiger partial charge in [0.05, 0.1) is 0 Å². The van der Waals surface area contributed by atoms with Gasteiger partial charge in [-0.25, -0.2) is 0 Å². The number of rotatable bonds is 4. The summed E-state index contributed by atoms with van der Waals surface area (Å²) < 4.78 is 0. The van der Waals surface area contributed by atoms with Crippen molar-refractivity contribution in [3.05, 3.63) is 0 Å². The van der Waals surface area contributed by atoms with Crippen LogP contribution < -0.4 is 5.32 Å². The van der Waals surface area contributed by atoms with Crippen molar-refractivity contribution in [1.29, 1.82) is 0 Å². The number of piperidine rings is 1. The fourth-order valence-electron chi connectivity index (χ4n) is 4.21. The Hall–Kier alpha value is 0.270. The van der Waals surface area contributed by atoms with E-state index < -0.39 is 0 Å². The minimum Gasteiger partial charge on any atom is -0.310 e. The lowest BCUT2D eigenvalue weighted by Crippen LogP contribution is -2.49. The molecule has 3 rings (SSSR count). The van der Waals surface area contributed by atoms with Crippen LogP contribution >= 0.6 is 11.8 Å². The van der Waals surface area contributed by atoms with Gasteiger partial charge in [-0.2, -0.15) is 11.8 Å². The largest absolute Gasteiger partial charge is 0.310 e. The molecule has 0 aromatic heterocycles. The second-order valence-corrected chi connectivity index (χ2v) is 7.77. The van der Waals surface area contributed by atoms with Gasteiger partial charge in [-0.15, -0.1) is 0 Å². The van der Waals surface area contributed by atoms with E-state index in [2.05, 4.69) is 28.9 Å². The van der Waals surface area contributed by atoms with Crippen LogP contribution in [0.2, 0.25) is 0 Å². The Balaban J connectivity index is 1.50. The Bertz CT molecular complexity index is 271. The number of hydrogen-bond donors (Lipinski definition) is 1. The third-order valence-corrected chi connectivity index (χ3v) is 6.43. The highest BCUT2D eigenvalue weighted by Gasteiger charge is 2.34. The molecule has 104 valence electrons. The highest BCUT2D eigenvalue weighted by atomic mass is 32.2. The Morgan fingerprint density at radius 2 is 2.06 bits per heavy atom. The number of thioether (sulfide) groups is 1. The summed E-state index contributed by atoms with van der Waals surface area (Å²) in [5, 5.41) is 4.92. The minimum atomic E-state index is 0.812. The zero-order valence-electron chi connectivity index (χ0n) is 11.7. The van der Waals surface area contributed by atoms with Crippen molar-refractivity contribution >= 4 is 11.8 Å². The molecule has 0 radical (unpaired) electrons. The zero-order valence-corrected chi connectivity index (χ0v) is 12.6. The van der Waals surface area contributed by atoms with Gasteiger partial charge in [-0.3, -0.25) is 0 Å². The molecule has 3 aliphatic rings. The lowest BCUT2D eigenvalue weighted by Gasteiger charge is -2.37. The number of nitrogens with one attached hydrogen (secondary N) is 1. The van der Waals surface area contributed by atoms with Crippen LogP contribution in [0.25, 0.3) is 0 Å². The number of nitrogens with zero attached hydrogens (tertiary/aromatic N) is 1. The van der Waals surface area contributed by atoms with E-state index in [1.165, 1.54) is 63.8 Å². The third kappa shape index (κ3) is 2.88. The molecule has 0 aromatic rings. The molecule has 1 N–H and O–H groups in total. The van der Waals surface area contributed by atoms with E-state index in [0.717, 1.165) is 23.4 Å². The first kappa shape index (κ1) is 13.3. The second-order valence-electron chi connectivity index (χ2n) is 6.25. The molecular formula is C15H28N2S. The van der Waals surface area contributed by atoms with Crippen molar-refractivity contribution in [3.63, 3.8) is 0 Å². The first-order valence-corrected chi connectivity index (χ1v) is 9.03. The van der Waals surface area contributed by atoms with Crippen molar-refractivity contribution in [3.8, 4) is 0 Å². The molecule has 1 saturated carbocycles. The lowest BCUT2D eigenvalue weighted by atomic mass is 9.96. The smallest absolute Gasteiger partial charge is 0.0201 e. The van der Waals surface area contributed by atoms with Gasteiger partial charge >= 0.3 is 0 Å². The molecule has 2 heterocycles. The van der Waals surface area contributed by atoms with Crippen molar-refractivity contribution in [2.45, 2.75) is 75.2 Å². The number of fused-ring (bicyclic) bond motifs is 1. The van der Waals surface area contributed by atoms with Crippen molar-refractivity contribution < 1.29 is 0 Å². The third-order valence-electron chi connectivity index (χ3n) is 5.10. The van der Waals surface area contributed by atoms with Crippen LogP contribution in [-0.4, -0.2) is 47.1 Å². The summed E-state index contributed by atoms with van der Waals surface area (Å²) in [7, 11) is 0. The molecule has 0 bridgehead atoms. The van der Waals surface area contributed by atoms with Crippen LogP contribution in [0.1, 0.15) is 51.9 Å². The van der Waals surface area contributed by atoms with E-state index in [9.17, 15) is 0 Å². The summed E-state index contributed by atoms with van der Waals surface area (Å²) in [6, 6.07) is 2.54. The van der Waals surface area contributed by atoms with E-state index in [4.69, 9.17) is 0 Å². The molecule has 4 atom stereocenters. The van der Waals surface area contributed by atoms with Crippen molar-refractivity contribution in [1.82, 2.24) is 10.2 Å². The molecule has 2 aliphatic heterocycles. The summed E-state index contributed by atoms with van der Waals surface area (Å²) in [4.78, 5) is 2.73. The van der Waals surface area contributed by atoms with Gasteiger partial charge in [-0.05, 0) is 57.4 Å². The van der Waals surface area contributed by atoms with Crippen LogP contribution in [0.4, 0.5) is 0 Å². The highest BCUT2D eigenvalue weighted by molar-refractivity contribution is 7.99. The maximum Gasteiger partial charge on any atom is 0.0201 e. The Morgan fingerprint density at radius 1 is 1.11 bits per heavy atom. The van der Waals surface area contributed by atoms with Gasteiger partial charge < -0.3 is 10.2 Å². The normalized spacial score (nSPS) is 41.2. The van der Waals surface area contributed by atoms with Gasteiger partial charge in [-0.1, -0.05) is 13.3 Å². The fraction of sp³-hybridized carbons (Fsp3) is 1.00. The van der Waals surface area contributed by atoms with E-state index in [0.29, 0.717) is 0 Å². The molecule has 0 amide bonds. The monoisotopic (exact) mass is 268 g/mol. The van der Waals surface area contributed by atoms with Gasteiger partial charge in [0, 0.05) is 23.4 Å². The molecule has 4 unspecified atom stereocenters. The SMILES string of the molecule is CCSC1CCCC1NC1CCN2CCCC2C1. The molecule has 2 nitrogen and oxygen atoms in total. The predicted molar refractivity (Wildman–Crippen MR) is 80.3 cm³/mol. The molecule has 2 saturated heterocycles. The second kappa shape index (κ2) is 6.15. The Kier molecular flexibility index (Phi) is 4.53. The van der Waals surface area contributed by atoms with Crippen LogP contribution in [0.3, 0.4) is 0 Å². The maximum atomic E-state index is 4.02. The molecule has 3 fully saturated rings. The van der Waals surface area contributed by atoms with E-state index in [1.807, 2.05) is 0 Å². The summed E-state index contributed by atoms with van der Waals surface area (Å²) in [6.07, 6.45) is 10.0. The molecular weight excluding hydrogens is 240 g/mol. The zero-order chi connectivity index (χ0) is 12.4. The van der Waals surface area contributed by atoms with Crippen LogP contribution in [-0.2, 0) is 0 Å². The highest BCUT2D eigenvalue weighted by Crippen LogP contribution is 2.32. The molecule has 0 aromatic carbocycles. The quantitative estimate of drug-likeness (QED) is 0.844. The fourth-order valence-corrected chi connectivity index (χ4v) is 5.42. The summed E-state index contributed by atoms with van der Waals surface area (Å²) in [5.74, 6) is 1.28. The maximum absolute atomic E-state index is 4.02. The van der Waals surface area contributed by atoms with E-state index in [1.54, 1.807) is 0 Å².